The van der Waals surface area contributed by atoms with E-state index in [0.717, 1.165) is 31.6 Å². The van der Waals surface area contributed by atoms with Crippen LogP contribution in [0.4, 0.5) is 10.5 Å². The van der Waals surface area contributed by atoms with Gasteiger partial charge in [0, 0.05) is 31.4 Å². The first-order chi connectivity index (χ1) is 9.09. The van der Waals surface area contributed by atoms with Gasteiger partial charge in [0.05, 0.1) is 0 Å². The Kier molecular flexibility index (Phi) is 4.04. The van der Waals surface area contributed by atoms with Crippen LogP contribution in [-0.4, -0.2) is 36.9 Å². The van der Waals surface area contributed by atoms with Gasteiger partial charge in [-0.2, -0.15) is 0 Å². The Hall–Kier alpha value is -2.04. The van der Waals surface area contributed by atoms with Crippen LogP contribution in [0.15, 0.2) is 24.3 Å². The summed E-state index contributed by atoms with van der Waals surface area (Å²) in [5.74, 6) is 0.0385. The van der Waals surface area contributed by atoms with Crippen molar-refractivity contribution in [2.75, 3.05) is 25.0 Å². The highest BCUT2D eigenvalue weighted by Crippen LogP contribution is 2.17. The van der Waals surface area contributed by atoms with Crippen molar-refractivity contribution in [2.45, 2.75) is 19.3 Å². The molecule has 2 rings (SSSR count). The topological polar surface area (TPSA) is 73.4 Å². The molecule has 19 heavy (non-hydrogen) atoms. The van der Waals surface area contributed by atoms with Gasteiger partial charge in [-0.15, -0.1) is 0 Å². The molecule has 1 heterocycles. The van der Waals surface area contributed by atoms with Gasteiger partial charge >= 0.3 is 6.03 Å². The molecular weight excluding hydrogens is 240 g/mol. The molecule has 3 N–H and O–H groups in total. The number of amidine groups is 1. The number of carbonyl (C=O) groups is 1. The highest BCUT2D eigenvalue weighted by Gasteiger charge is 2.20. The number of nitrogens with one attached hydrogen (secondary N) is 1. The third kappa shape index (κ3) is 3.05. The lowest BCUT2D eigenvalue weighted by Crippen LogP contribution is -2.43. The number of carbonyl (C=O) groups excluding carboxylic acids is 1. The Morgan fingerprint density at radius 3 is 2.32 bits per heavy atom. The van der Waals surface area contributed by atoms with Crippen LogP contribution < -0.4 is 10.6 Å². The van der Waals surface area contributed by atoms with Gasteiger partial charge in [-0.05, 0) is 43.5 Å². The Morgan fingerprint density at radius 1 is 1.21 bits per heavy atom. The molecule has 0 spiro atoms. The van der Waals surface area contributed by atoms with E-state index in [1.165, 1.54) is 6.42 Å². The Morgan fingerprint density at radius 2 is 1.79 bits per heavy atom. The molecule has 0 atom stereocenters. The highest BCUT2D eigenvalue weighted by atomic mass is 16.2. The van der Waals surface area contributed by atoms with E-state index in [1.807, 2.05) is 17.0 Å². The SMILES string of the molecule is CN(C(=O)N1CCCCC1)c1ccc(C(=N)N)cc1. The van der Waals surface area contributed by atoms with Crippen molar-refractivity contribution in [3.63, 3.8) is 0 Å². The standard InChI is InChI=1S/C14H20N4O/c1-17(14(19)18-9-3-2-4-10-18)12-7-5-11(6-8-12)13(15)16/h5-8H,2-4,9-10H2,1H3,(H3,15,16). The summed E-state index contributed by atoms with van der Waals surface area (Å²) in [4.78, 5) is 15.8. The number of hydrogen-bond donors (Lipinski definition) is 2. The summed E-state index contributed by atoms with van der Waals surface area (Å²) in [6.45, 7) is 1.68. The minimum absolute atomic E-state index is 0.0373. The largest absolute Gasteiger partial charge is 0.384 e. The Balaban J connectivity index is 2.07. The lowest BCUT2D eigenvalue weighted by Gasteiger charge is -2.31. The summed E-state index contributed by atoms with van der Waals surface area (Å²) >= 11 is 0. The van der Waals surface area contributed by atoms with Gasteiger partial charge in [0.15, 0.2) is 0 Å². The fraction of sp³-hybridized carbons (Fsp3) is 0.429. The van der Waals surface area contributed by atoms with Crippen LogP contribution in [-0.2, 0) is 0 Å². The third-order valence-corrected chi connectivity index (χ3v) is 3.48. The summed E-state index contributed by atoms with van der Waals surface area (Å²) in [6.07, 6.45) is 3.38. The molecule has 0 saturated carbocycles. The number of anilines is 1. The van der Waals surface area contributed by atoms with Crippen molar-refractivity contribution in [1.82, 2.24) is 4.90 Å². The van der Waals surface area contributed by atoms with E-state index in [-0.39, 0.29) is 11.9 Å². The molecule has 102 valence electrons. The second kappa shape index (κ2) is 5.73. The van der Waals surface area contributed by atoms with E-state index in [4.69, 9.17) is 11.1 Å². The molecule has 2 amide bonds. The zero-order valence-corrected chi connectivity index (χ0v) is 11.2. The maximum absolute atomic E-state index is 12.3. The molecule has 0 bridgehead atoms. The molecule has 5 heteroatoms. The minimum atomic E-state index is 0.0373. The van der Waals surface area contributed by atoms with Crippen molar-refractivity contribution < 1.29 is 4.79 Å². The Labute approximate surface area is 113 Å². The predicted molar refractivity (Wildman–Crippen MR) is 76.7 cm³/mol. The lowest BCUT2D eigenvalue weighted by molar-refractivity contribution is 0.194. The third-order valence-electron chi connectivity index (χ3n) is 3.48. The number of rotatable bonds is 2. The molecule has 1 aliphatic heterocycles. The van der Waals surface area contributed by atoms with E-state index in [2.05, 4.69) is 0 Å². The van der Waals surface area contributed by atoms with Crippen LogP contribution >= 0.6 is 0 Å². The number of benzene rings is 1. The quantitative estimate of drug-likeness (QED) is 0.630. The number of likely N-dealkylation sites (tertiary alicyclic amines) is 1. The van der Waals surface area contributed by atoms with Crippen molar-refractivity contribution in [3.8, 4) is 0 Å². The van der Waals surface area contributed by atoms with E-state index < -0.39 is 0 Å². The van der Waals surface area contributed by atoms with Crippen LogP contribution in [0.3, 0.4) is 0 Å². The fourth-order valence-corrected chi connectivity index (χ4v) is 2.27. The number of urea groups is 1. The molecule has 5 nitrogen and oxygen atoms in total. The van der Waals surface area contributed by atoms with Gasteiger partial charge in [0.25, 0.3) is 0 Å². The van der Waals surface area contributed by atoms with Crippen LogP contribution in [0.25, 0.3) is 0 Å². The van der Waals surface area contributed by atoms with E-state index in [0.29, 0.717) is 5.56 Å². The Bertz CT molecular complexity index is 463. The lowest BCUT2D eigenvalue weighted by atomic mass is 10.1. The predicted octanol–water partition coefficient (Wildman–Crippen LogP) is 2.01. The molecule has 0 radical (unpaired) electrons. The molecule has 1 saturated heterocycles. The van der Waals surface area contributed by atoms with Gasteiger partial charge in [0.2, 0.25) is 0 Å². The zero-order valence-electron chi connectivity index (χ0n) is 11.2. The monoisotopic (exact) mass is 260 g/mol. The number of nitrogens with two attached hydrogens (primary N) is 1. The average Bonchev–Trinajstić information content (AvgIpc) is 2.46. The van der Waals surface area contributed by atoms with E-state index in [1.54, 1.807) is 24.1 Å². The van der Waals surface area contributed by atoms with Crippen molar-refractivity contribution >= 4 is 17.6 Å². The van der Waals surface area contributed by atoms with Crippen molar-refractivity contribution in [2.24, 2.45) is 5.73 Å². The first kappa shape index (κ1) is 13.4. The maximum atomic E-state index is 12.3. The highest BCUT2D eigenvalue weighted by molar-refractivity contribution is 5.96. The first-order valence-corrected chi connectivity index (χ1v) is 6.56. The molecule has 1 aromatic rings. The molecular formula is C14H20N4O. The fourth-order valence-electron chi connectivity index (χ4n) is 2.27. The van der Waals surface area contributed by atoms with Crippen LogP contribution in [0.5, 0.6) is 0 Å². The normalized spacial score (nSPS) is 15.1. The van der Waals surface area contributed by atoms with Crippen molar-refractivity contribution in [3.05, 3.63) is 29.8 Å². The van der Waals surface area contributed by atoms with E-state index in [9.17, 15) is 4.79 Å². The number of amides is 2. The van der Waals surface area contributed by atoms with Crippen LogP contribution in [0.1, 0.15) is 24.8 Å². The summed E-state index contributed by atoms with van der Waals surface area (Å²) in [5.41, 5.74) is 6.90. The van der Waals surface area contributed by atoms with Gasteiger partial charge in [-0.25, -0.2) is 4.79 Å². The average molecular weight is 260 g/mol. The molecule has 0 unspecified atom stereocenters. The van der Waals surface area contributed by atoms with E-state index >= 15 is 0 Å². The van der Waals surface area contributed by atoms with Crippen LogP contribution in [0.2, 0.25) is 0 Å². The number of nitrogens with zero attached hydrogens (tertiary/aromatic N) is 2. The molecule has 1 aromatic carbocycles. The summed E-state index contributed by atoms with van der Waals surface area (Å²) < 4.78 is 0. The maximum Gasteiger partial charge on any atom is 0.324 e. The number of nitrogen functional groups attached to an aromatic ring is 1. The van der Waals surface area contributed by atoms with Crippen LogP contribution in [0, 0.1) is 5.41 Å². The molecule has 1 aliphatic rings. The summed E-state index contributed by atoms with van der Waals surface area (Å²) in [7, 11) is 1.78. The van der Waals surface area contributed by atoms with Gasteiger partial charge in [0.1, 0.15) is 5.84 Å². The molecule has 0 aromatic heterocycles. The minimum Gasteiger partial charge on any atom is -0.384 e. The second-order valence-corrected chi connectivity index (χ2v) is 4.85. The smallest absolute Gasteiger partial charge is 0.324 e. The van der Waals surface area contributed by atoms with Crippen molar-refractivity contribution in [1.29, 1.82) is 5.41 Å². The number of piperidine rings is 1. The zero-order chi connectivity index (χ0) is 13.8. The summed E-state index contributed by atoms with van der Waals surface area (Å²) in [6, 6.07) is 7.20. The van der Waals surface area contributed by atoms with Gasteiger partial charge in [-0.3, -0.25) is 10.3 Å². The summed E-state index contributed by atoms with van der Waals surface area (Å²) in [5, 5.41) is 7.35. The van der Waals surface area contributed by atoms with Gasteiger partial charge < -0.3 is 10.6 Å². The first-order valence-electron chi connectivity index (χ1n) is 6.56. The second-order valence-electron chi connectivity index (χ2n) is 4.85. The van der Waals surface area contributed by atoms with Gasteiger partial charge in [-0.1, -0.05) is 0 Å². The number of hydrogen-bond acceptors (Lipinski definition) is 2. The molecule has 0 aliphatic carbocycles. The molecule has 1 fully saturated rings.